The lowest BCUT2D eigenvalue weighted by atomic mass is 10.2. The first-order valence-corrected chi connectivity index (χ1v) is 19.8. The highest BCUT2D eigenvalue weighted by Gasteiger charge is 2.21. The van der Waals surface area contributed by atoms with Gasteiger partial charge in [0.1, 0.15) is 23.0 Å². The van der Waals surface area contributed by atoms with Crippen LogP contribution >= 0.6 is 0 Å². The van der Waals surface area contributed by atoms with Gasteiger partial charge in [0.2, 0.25) is 5.91 Å². The van der Waals surface area contributed by atoms with Gasteiger partial charge in [0.25, 0.3) is 30.4 Å². The van der Waals surface area contributed by atoms with Gasteiger partial charge in [-0.15, -0.1) is 10.2 Å². The Morgan fingerprint density at radius 3 is 2.12 bits per heavy atom. The number of hydrogen-bond acceptors (Lipinski definition) is 14. The minimum atomic E-state index is -4.78. The van der Waals surface area contributed by atoms with Crippen molar-refractivity contribution < 1.29 is 56.7 Å². The van der Waals surface area contributed by atoms with E-state index >= 15 is 0 Å². The molecule has 3 rings (SSSR count). The van der Waals surface area contributed by atoms with Crippen LogP contribution in [0, 0.1) is 11.3 Å². The quantitative estimate of drug-likeness (QED) is 0.0536. The van der Waals surface area contributed by atoms with E-state index in [2.05, 4.69) is 20.6 Å². The van der Waals surface area contributed by atoms with E-state index in [1.165, 1.54) is 19.1 Å². The van der Waals surface area contributed by atoms with Gasteiger partial charge in [-0.2, -0.15) is 39.8 Å². The number of amides is 1. The molecule has 0 spiro atoms. The molecule has 50 heavy (non-hydrogen) atoms. The molecule has 0 bridgehead atoms. The molecule has 0 radical (unpaired) electrons. The predicted molar refractivity (Wildman–Crippen MR) is 178 cm³/mol. The van der Waals surface area contributed by atoms with Crippen molar-refractivity contribution in [1.29, 1.82) is 5.26 Å². The Morgan fingerprint density at radius 1 is 0.980 bits per heavy atom. The normalized spacial score (nSPS) is 12.8. The van der Waals surface area contributed by atoms with Gasteiger partial charge in [-0.05, 0) is 62.1 Å². The first kappa shape index (κ1) is 40.1. The molecule has 1 heterocycles. The van der Waals surface area contributed by atoms with Crippen LogP contribution in [0.15, 0.2) is 57.7 Å². The lowest BCUT2D eigenvalue weighted by Crippen LogP contribution is -2.26. The summed E-state index contributed by atoms with van der Waals surface area (Å²) in [6.45, 7) is 1.71. The Labute approximate surface area is 289 Å². The Bertz CT molecular complexity index is 2110. The van der Waals surface area contributed by atoms with Crippen molar-refractivity contribution in [2.45, 2.75) is 37.5 Å². The second-order valence-electron chi connectivity index (χ2n) is 10.4. The molecule has 272 valence electrons. The Kier molecular flexibility index (Phi) is 13.7. The van der Waals surface area contributed by atoms with Crippen molar-refractivity contribution in [2.75, 3.05) is 34.8 Å². The molecule has 0 aliphatic carbocycles. The van der Waals surface area contributed by atoms with Crippen LogP contribution < -0.4 is 14.4 Å². The highest BCUT2D eigenvalue weighted by Crippen LogP contribution is 2.35. The molecule has 0 aliphatic heterocycles. The summed E-state index contributed by atoms with van der Waals surface area (Å²) in [5.41, 5.74) is 0.111. The summed E-state index contributed by atoms with van der Waals surface area (Å²) in [6.07, 6.45) is 1.84. The van der Waals surface area contributed by atoms with E-state index in [0.717, 1.165) is 29.1 Å². The summed E-state index contributed by atoms with van der Waals surface area (Å²) >= 11 is -2.88. The van der Waals surface area contributed by atoms with Crippen molar-refractivity contribution in [3.05, 3.63) is 48.2 Å². The molecule has 24 heteroatoms. The topological polar surface area (TPSA) is 308 Å². The smallest absolute Gasteiger partial charge is 0.357 e. The van der Waals surface area contributed by atoms with E-state index in [0.29, 0.717) is 18.5 Å². The Balaban J connectivity index is 2.05. The van der Waals surface area contributed by atoms with E-state index in [4.69, 9.17) is 13.3 Å². The summed E-state index contributed by atoms with van der Waals surface area (Å²) in [4.78, 5) is 13.2. The maximum Gasteiger partial charge on any atom is 0.357 e. The molecular weight excluding hydrogens is 747 g/mol. The van der Waals surface area contributed by atoms with Gasteiger partial charge in [0.15, 0.2) is 11.6 Å². The van der Waals surface area contributed by atoms with Crippen LogP contribution in [0.25, 0.3) is 5.69 Å². The largest absolute Gasteiger partial charge is 0.378 e. The van der Waals surface area contributed by atoms with Gasteiger partial charge in [0.05, 0.1) is 28.3 Å². The average molecular weight is 778 g/mol. The Morgan fingerprint density at radius 2 is 1.60 bits per heavy atom. The number of carbonyl (C=O) groups excluding carboxylic acids is 1. The number of unbranched alkanes of at least 4 members (excludes halogenated alkanes) is 2. The molecule has 2 aromatic carbocycles. The lowest BCUT2D eigenvalue weighted by molar-refractivity contribution is -0.114. The summed E-state index contributed by atoms with van der Waals surface area (Å²) < 4.78 is 122. The van der Waals surface area contributed by atoms with Gasteiger partial charge in [-0.25, -0.2) is 4.68 Å². The minimum absolute atomic E-state index is 0.0397. The van der Waals surface area contributed by atoms with E-state index < -0.39 is 64.0 Å². The Hall–Kier alpha value is -4.35. The number of nitrogens with zero attached hydrogens (tertiary/aromatic N) is 6. The molecule has 0 fully saturated rings. The molecule has 1 aromatic heterocycles. The second kappa shape index (κ2) is 17.0. The van der Waals surface area contributed by atoms with Gasteiger partial charge in [-0.3, -0.25) is 23.0 Å². The standard InChI is InChI=1S/C26H31N7O13S4/c1-18(34)29-23-14-20(32(10-2-4-12-48(37,38)39)11-3-5-13-49(40,41)42)6-8-22(23)30-31-26-19(16-27)17-28-33(26)24-15-21(50(43,44)45)7-9-25(24)46-47(35)36/h6-9,14-15,17H,2-5,10-13H2,1H3,(H,29,34)(H,35,36)(H,37,38,39)(H,40,41,42)(H,43,44,45). The molecule has 3 aromatic rings. The molecule has 0 aliphatic rings. The number of nitriles is 1. The first-order valence-electron chi connectivity index (χ1n) is 14.2. The SMILES string of the molecule is CC(=O)Nc1cc(N(CCCCS(=O)(=O)O)CCCCS(=O)(=O)O)ccc1N=Nc1c(C#N)cnn1-c1cc(S(=O)(=O)O)ccc1OS(=O)O. The molecule has 20 nitrogen and oxygen atoms in total. The molecular formula is C26H31N7O13S4. The van der Waals surface area contributed by atoms with Gasteiger partial charge < -0.3 is 14.4 Å². The number of benzene rings is 2. The molecule has 1 unspecified atom stereocenters. The fourth-order valence-electron chi connectivity index (χ4n) is 4.41. The number of aromatic nitrogens is 2. The number of hydrogen-bond donors (Lipinski definition) is 5. The van der Waals surface area contributed by atoms with Crippen molar-refractivity contribution >= 4 is 70.5 Å². The van der Waals surface area contributed by atoms with Crippen molar-refractivity contribution in [1.82, 2.24) is 9.78 Å². The van der Waals surface area contributed by atoms with Crippen molar-refractivity contribution in [3.63, 3.8) is 0 Å². The monoisotopic (exact) mass is 777 g/mol. The van der Waals surface area contributed by atoms with Crippen LogP contribution in [-0.4, -0.2) is 88.0 Å². The summed E-state index contributed by atoms with van der Waals surface area (Å²) in [5, 5.41) is 24.5. The zero-order chi connectivity index (χ0) is 37.3. The van der Waals surface area contributed by atoms with Crippen molar-refractivity contribution in [3.8, 4) is 17.5 Å². The number of azo groups is 1. The summed E-state index contributed by atoms with van der Waals surface area (Å²) in [5.74, 6) is -2.18. The highest BCUT2D eigenvalue weighted by molar-refractivity contribution is 7.86. The van der Waals surface area contributed by atoms with Crippen LogP contribution in [0.5, 0.6) is 5.75 Å². The zero-order valence-corrected chi connectivity index (χ0v) is 29.2. The van der Waals surface area contributed by atoms with Gasteiger partial charge >= 0.3 is 11.4 Å². The fourth-order valence-corrected chi connectivity index (χ4v) is 6.34. The van der Waals surface area contributed by atoms with Crippen LogP contribution in [0.2, 0.25) is 0 Å². The molecule has 1 amide bonds. The highest BCUT2D eigenvalue weighted by atomic mass is 32.2. The molecule has 0 saturated carbocycles. The van der Waals surface area contributed by atoms with Crippen LogP contribution in [0.4, 0.5) is 22.9 Å². The van der Waals surface area contributed by atoms with E-state index in [9.17, 15) is 48.6 Å². The third-order valence-corrected chi connectivity index (χ3v) is 9.33. The number of carbonyl (C=O) groups is 1. The predicted octanol–water partition coefficient (Wildman–Crippen LogP) is 3.02. The lowest BCUT2D eigenvalue weighted by Gasteiger charge is -2.26. The zero-order valence-electron chi connectivity index (χ0n) is 26.0. The van der Waals surface area contributed by atoms with Gasteiger partial charge in [-0.1, -0.05) is 0 Å². The molecule has 5 N–H and O–H groups in total. The third-order valence-electron chi connectivity index (χ3n) is 6.55. The third kappa shape index (κ3) is 12.5. The number of rotatable bonds is 18. The summed E-state index contributed by atoms with van der Waals surface area (Å²) in [6, 6.07) is 9.03. The maximum atomic E-state index is 12.1. The van der Waals surface area contributed by atoms with E-state index in [-0.39, 0.29) is 60.1 Å². The molecule has 0 saturated heterocycles. The average Bonchev–Trinajstić information content (AvgIpc) is 3.40. The first-order chi connectivity index (χ1) is 23.3. The second-order valence-corrected chi connectivity index (χ2v) is 15.5. The maximum absolute atomic E-state index is 12.1. The number of nitrogens with one attached hydrogen (secondary N) is 1. The van der Waals surface area contributed by atoms with Crippen LogP contribution in [0.1, 0.15) is 38.2 Å². The van der Waals surface area contributed by atoms with Crippen LogP contribution in [0.3, 0.4) is 0 Å². The number of anilines is 2. The van der Waals surface area contributed by atoms with Gasteiger partial charge in [0, 0.05) is 25.7 Å². The van der Waals surface area contributed by atoms with E-state index in [1.54, 1.807) is 11.0 Å². The fraction of sp³-hybridized carbons (Fsp3) is 0.346. The minimum Gasteiger partial charge on any atom is -0.378 e. The van der Waals surface area contributed by atoms with Crippen molar-refractivity contribution in [2.24, 2.45) is 10.2 Å². The summed E-state index contributed by atoms with van der Waals surface area (Å²) in [7, 11) is -13.2. The molecule has 1 atom stereocenters. The van der Waals surface area contributed by atoms with Crippen LogP contribution in [-0.2, 0) is 46.5 Å². The van der Waals surface area contributed by atoms with E-state index in [1.807, 2.05) is 6.07 Å².